The maximum absolute atomic E-state index is 11.7. The van der Waals surface area contributed by atoms with Crippen LogP contribution < -0.4 is 5.32 Å². The number of ether oxygens (including phenoxy) is 1. The molecule has 0 aromatic heterocycles. The lowest BCUT2D eigenvalue weighted by atomic mass is 9.91. The van der Waals surface area contributed by atoms with Gasteiger partial charge in [0.25, 0.3) is 0 Å². The summed E-state index contributed by atoms with van der Waals surface area (Å²) in [6.07, 6.45) is 2.07. The second kappa shape index (κ2) is 6.78. The van der Waals surface area contributed by atoms with Crippen LogP contribution in [-0.4, -0.2) is 28.3 Å². The van der Waals surface area contributed by atoms with Crippen molar-refractivity contribution in [1.29, 1.82) is 5.26 Å². The summed E-state index contributed by atoms with van der Waals surface area (Å²) in [5, 5.41) is 20.3. The highest BCUT2D eigenvalue weighted by molar-refractivity contribution is 5.85. The number of hydrogen-bond donors (Lipinski definition) is 2. The van der Waals surface area contributed by atoms with Crippen LogP contribution in [0.4, 0.5) is 4.79 Å². The van der Waals surface area contributed by atoms with E-state index in [1.54, 1.807) is 45.9 Å². The fourth-order valence-electron chi connectivity index (χ4n) is 1.34. The van der Waals surface area contributed by atoms with E-state index in [0.717, 1.165) is 0 Å². The van der Waals surface area contributed by atoms with Crippen molar-refractivity contribution in [3.8, 4) is 6.07 Å². The summed E-state index contributed by atoms with van der Waals surface area (Å²) in [6, 6.07) is 1.78. The standard InChI is InChI=1S/C13H20N2O4/c1-5-6-7-13(8-9-14,10(16)17)15-11(18)19-12(2,3)4/h5-6H,7-8H2,1-4H3,(H,15,18)(H,16,17). The topological polar surface area (TPSA) is 99.4 Å². The highest BCUT2D eigenvalue weighted by Gasteiger charge is 2.40. The first-order valence-corrected chi connectivity index (χ1v) is 5.89. The van der Waals surface area contributed by atoms with Crippen LogP contribution in [0.3, 0.4) is 0 Å². The molecule has 1 amide bonds. The van der Waals surface area contributed by atoms with Gasteiger partial charge in [0.05, 0.1) is 12.5 Å². The number of aliphatic carboxylic acids is 1. The first kappa shape index (κ1) is 17.0. The van der Waals surface area contributed by atoms with Gasteiger partial charge in [-0.1, -0.05) is 12.2 Å². The van der Waals surface area contributed by atoms with E-state index < -0.39 is 23.2 Å². The molecule has 0 rings (SSSR count). The van der Waals surface area contributed by atoms with Crippen molar-refractivity contribution in [2.75, 3.05) is 0 Å². The number of nitrogens with one attached hydrogen (secondary N) is 1. The Bertz CT molecular complexity index is 404. The minimum absolute atomic E-state index is 0.0195. The van der Waals surface area contributed by atoms with Crippen LogP contribution in [-0.2, 0) is 9.53 Å². The third kappa shape index (κ3) is 5.91. The van der Waals surface area contributed by atoms with Crippen molar-refractivity contribution in [2.45, 2.75) is 51.7 Å². The number of carbonyl (C=O) groups excluding carboxylic acids is 1. The predicted molar refractivity (Wildman–Crippen MR) is 69.4 cm³/mol. The van der Waals surface area contributed by atoms with Crippen molar-refractivity contribution >= 4 is 12.1 Å². The monoisotopic (exact) mass is 268 g/mol. The molecule has 0 aromatic rings. The highest BCUT2D eigenvalue weighted by atomic mass is 16.6. The Kier molecular flexibility index (Phi) is 6.06. The molecule has 0 radical (unpaired) electrons. The SMILES string of the molecule is CC=CCC(CC#N)(NC(=O)OC(C)(C)C)C(=O)O. The molecule has 0 spiro atoms. The zero-order chi connectivity index (χ0) is 15.1. The Morgan fingerprint density at radius 2 is 2.00 bits per heavy atom. The van der Waals surface area contributed by atoms with Crippen LogP contribution in [0.25, 0.3) is 0 Å². The summed E-state index contributed by atoms with van der Waals surface area (Å²) >= 11 is 0. The van der Waals surface area contributed by atoms with Crippen molar-refractivity contribution < 1.29 is 19.4 Å². The van der Waals surface area contributed by atoms with Crippen LogP contribution >= 0.6 is 0 Å². The van der Waals surface area contributed by atoms with E-state index in [1.165, 1.54) is 0 Å². The molecule has 19 heavy (non-hydrogen) atoms. The molecular formula is C13H20N2O4. The molecular weight excluding hydrogens is 248 g/mol. The number of hydrogen-bond acceptors (Lipinski definition) is 4. The van der Waals surface area contributed by atoms with E-state index in [0.29, 0.717) is 0 Å². The number of nitriles is 1. The predicted octanol–water partition coefficient (Wildman–Crippen LogP) is 2.21. The summed E-state index contributed by atoms with van der Waals surface area (Å²) in [5.74, 6) is -1.27. The van der Waals surface area contributed by atoms with Gasteiger partial charge in [-0.3, -0.25) is 0 Å². The van der Waals surface area contributed by atoms with Crippen LogP contribution in [0, 0.1) is 11.3 Å². The zero-order valence-electron chi connectivity index (χ0n) is 11.7. The minimum Gasteiger partial charge on any atom is -0.479 e. The first-order valence-electron chi connectivity index (χ1n) is 5.89. The molecule has 1 atom stereocenters. The fraction of sp³-hybridized carbons (Fsp3) is 0.615. The number of allylic oxidation sites excluding steroid dienone is 1. The second-order valence-electron chi connectivity index (χ2n) is 5.12. The molecule has 6 heteroatoms. The van der Waals surface area contributed by atoms with Gasteiger partial charge in [-0.2, -0.15) is 5.26 Å². The Morgan fingerprint density at radius 1 is 1.42 bits per heavy atom. The Morgan fingerprint density at radius 3 is 2.37 bits per heavy atom. The van der Waals surface area contributed by atoms with Crippen LogP contribution in [0.15, 0.2) is 12.2 Å². The second-order valence-corrected chi connectivity index (χ2v) is 5.12. The normalized spacial score (nSPS) is 14.5. The average Bonchev–Trinajstić information content (AvgIpc) is 2.23. The molecule has 0 bridgehead atoms. The Hall–Kier alpha value is -2.03. The molecule has 0 heterocycles. The van der Waals surface area contributed by atoms with E-state index in [-0.39, 0.29) is 12.8 Å². The average molecular weight is 268 g/mol. The Balaban J connectivity index is 5.08. The molecule has 0 aromatic carbocycles. The smallest absolute Gasteiger partial charge is 0.408 e. The van der Waals surface area contributed by atoms with E-state index >= 15 is 0 Å². The number of amides is 1. The first-order chi connectivity index (χ1) is 8.67. The number of rotatable bonds is 5. The third-order valence-electron chi connectivity index (χ3n) is 2.23. The summed E-state index contributed by atoms with van der Waals surface area (Å²) in [4.78, 5) is 23.0. The summed E-state index contributed by atoms with van der Waals surface area (Å²) in [6.45, 7) is 6.74. The molecule has 0 aliphatic heterocycles. The molecule has 0 fully saturated rings. The van der Waals surface area contributed by atoms with Gasteiger partial charge in [0.1, 0.15) is 5.60 Å². The molecule has 1 unspecified atom stereocenters. The molecule has 0 saturated carbocycles. The number of carboxylic acid groups (broad SMARTS) is 1. The lowest BCUT2D eigenvalue weighted by molar-refractivity contribution is -0.144. The largest absolute Gasteiger partial charge is 0.479 e. The quantitative estimate of drug-likeness (QED) is 0.745. The molecule has 2 N–H and O–H groups in total. The van der Waals surface area contributed by atoms with Crippen molar-refractivity contribution in [3.63, 3.8) is 0 Å². The van der Waals surface area contributed by atoms with Gasteiger partial charge in [-0.15, -0.1) is 0 Å². The molecule has 6 nitrogen and oxygen atoms in total. The van der Waals surface area contributed by atoms with Crippen molar-refractivity contribution in [1.82, 2.24) is 5.32 Å². The molecule has 0 aliphatic rings. The van der Waals surface area contributed by atoms with E-state index in [1.807, 2.05) is 0 Å². The van der Waals surface area contributed by atoms with Crippen LogP contribution in [0.2, 0.25) is 0 Å². The summed E-state index contributed by atoms with van der Waals surface area (Å²) in [5.41, 5.74) is -2.40. The van der Waals surface area contributed by atoms with Gasteiger partial charge in [0.2, 0.25) is 0 Å². The number of nitrogens with zero attached hydrogens (tertiary/aromatic N) is 1. The molecule has 0 aliphatic carbocycles. The van der Waals surface area contributed by atoms with Gasteiger partial charge in [0.15, 0.2) is 5.54 Å². The molecule has 0 saturated heterocycles. The van der Waals surface area contributed by atoms with Gasteiger partial charge in [-0.25, -0.2) is 9.59 Å². The maximum atomic E-state index is 11.7. The lowest BCUT2D eigenvalue weighted by Gasteiger charge is -2.29. The fourth-order valence-corrected chi connectivity index (χ4v) is 1.34. The van der Waals surface area contributed by atoms with Gasteiger partial charge >= 0.3 is 12.1 Å². The van der Waals surface area contributed by atoms with Gasteiger partial charge < -0.3 is 15.2 Å². The van der Waals surface area contributed by atoms with Crippen molar-refractivity contribution in [2.24, 2.45) is 0 Å². The van der Waals surface area contributed by atoms with Gasteiger partial charge in [-0.05, 0) is 27.7 Å². The van der Waals surface area contributed by atoms with E-state index in [4.69, 9.17) is 10.00 Å². The maximum Gasteiger partial charge on any atom is 0.408 e. The number of carbonyl (C=O) groups is 2. The van der Waals surface area contributed by atoms with Crippen LogP contribution in [0.5, 0.6) is 0 Å². The highest BCUT2D eigenvalue weighted by Crippen LogP contribution is 2.18. The van der Waals surface area contributed by atoms with E-state index in [2.05, 4.69) is 5.32 Å². The van der Waals surface area contributed by atoms with Gasteiger partial charge in [0, 0.05) is 6.42 Å². The summed E-state index contributed by atoms with van der Waals surface area (Å²) in [7, 11) is 0. The van der Waals surface area contributed by atoms with Crippen LogP contribution in [0.1, 0.15) is 40.5 Å². The zero-order valence-corrected chi connectivity index (χ0v) is 11.7. The Labute approximate surface area is 113 Å². The minimum atomic E-state index is -1.66. The van der Waals surface area contributed by atoms with E-state index in [9.17, 15) is 14.7 Å². The lowest BCUT2D eigenvalue weighted by Crippen LogP contribution is -2.55. The summed E-state index contributed by atoms with van der Waals surface area (Å²) < 4.78 is 5.02. The van der Waals surface area contributed by atoms with Crippen molar-refractivity contribution in [3.05, 3.63) is 12.2 Å². The molecule has 106 valence electrons. The number of carboxylic acids is 1. The number of alkyl carbamates (subject to hydrolysis) is 1. The third-order valence-corrected chi connectivity index (χ3v) is 2.23.